The fourth-order valence-electron chi connectivity index (χ4n) is 15.0. The Kier molecular flexibility index (Phi) is 53.7. The number of amides is 19. The highest BCUT2D eigenvalue weighted by Crippen LogP contribution is 2.24. The Labute approximate surface area is 855 Å². The molecule has 2 aliphatic heterocycles. The summed E-state index contributed by atoms with van der Waals surface area (Å²) in [6.07, 6.45) is -10.4. The Hall–Kier alpha value is -15.8. The number of unbranched alkanes of at least 4 members (excludes halogenated alkanes) is 1. The lowest BCUT2D eigenvalue weighted by atomic mass is 10.0. The number of primary amides is 2. The number of rotatable bonds is 61. The summed E-state index contributed by atoms with van der Waals surface area (Å²) in [6.45, 7) is -2.45. The highest BCUT2D eigenvalue weighted by atomic mass is 19.4. The first-order valence-corrected chi connectivity index (χ1v) is 47.2. The van der Waals surface area contributed by atoms with Crippen LogP contribution in [-0.2, 0) is 120 Å². The number of aliphatic hydroxyl groups is 5. The van der Waals surface area contributed by atoms with Crippen LogP contribution in [0.15, 0.2) is 78.9 Å². The number of phenolic OH excluding ortho intramolecular Hbond substituents is 2. The molecular weight excluding hydrogens is 2000 g/mol. The minimum Gasteiger partial charge on any atom is -0.508 e. The monoisotopic (exact) mass is 2130 g/mol. The molecule has 2 aliphatic rings. The fraction of sp³-hybridized carbons (Fsp3) is 0.544. The number of halogens is 3. The van der Waals surface area contributed by atoms with E-state index in [1.807, 2.05) is 5.32 Å². The number of phenols is 2. The number of aromatic hydroxyl groups is 2. The minimum atomic E-state index is -5.08. The molecule has 2 saturated heterocycles. The van der Waals surface area contributed by atoms with Gasteiger partial charge >= 0.3 is 18.1 Å². The third kappa shape index (κ3) is 44.5. The van der Waals surface area contributed by atoms with Crippen LogP contribution in [-0.4, -0.2) is 373 Å². The Morgan fingerprint density at radius 2 is 0.780 bits per heavy atom. The van der Waals surface area contributed by atoms with E-state index in [2.05, 4.69) is 85.1 Å². The number of aliphatic hydroxyl groups excluding tert-OH is 5. The minimum absolute atomic E-state index is 0.00950. The average Bonchev–Trinajstić information content (AvgIpc) is 1.65. The second-order valence-electron chi connectivity index (χ2n) is 34.9. The molecule has 19 amide bonds. The van der Waals surface area contributed by atoms with E-state index in [4.69, 9.17) is 55.1 Å². The molecular formula is C90H134F3N27O30. The molecule has 0 spiro atoms. The van der Waals surface area contributed by atoms with Crippen LogP contribution >= 0.6 is 0 Å². The quantitative estimate of drug-likeness (QED) is 0.0142. The number of carbonyl (C=O) groups excluding carboxylic acids is 19. The number of carbonyl (C=O) groups is 21. The number of nitrogens with two attached hydrogens (primary N) is 6. The first-order valence-electron chi connectivity index (χ1n) is 47.2. The second-order valence-corrected chi connectivity index (χ2v) is 34.9. The SMILES string of the molecule is C[C@H](NC(=O)[C@H](CCCNC(=N)N)NC(=O)[C@H](CCCNC(=N)N)NC(=O)[C@H](CO)NC(=O)[C@H](CO)NC(=O)[C@H](CO)NC(=O)CNC(=O)[C@H](Cc1ccc(O)cc1)NC(=O)CNC(=O)[C@@H](NC(=O)[C@@H]1CCCN1C(=O)[C@H](CCCCN)NC(=O)[C@H](CC(N)=O)NC(=O)[C@H](Cc1ccccc1)NC(=O)[C@@H](N)Cc1ccc(O)cc1)[C@@H](C)O)C(=O)N1CCC[C@H]1C(=O)N[C@@H](CCC(N)=O)C(=O)N[C@H](C(=O)O)[C@@H](C)O.O=C(O)C(F)(F)F. The van der Waals surface area contributed by atoms with Gasteiger partial charge in [-0.25, -0.2) is 9.59 Å². The third-order valence-electron chi connectivity index (χ3n) is 22.9. The summed E-state index contributed by atoms with van der Waals surface area (Å²) in [6, 6.07) is -6.73. The number of guanidine groups is 2. The number of aliphatic carboxylic acids is 2. The van der Waals surface area contributed by atoms with Crippen molar-refractivity contribution in [1.82, 2.24) is 100 Å². The molecule has 57 nitrogen and oxygen atoms in total. The molecule has 3 aromatic carbocycles. The fourth-order valence-corrected chi connectivity index (χ4v) is 15.0. The predicted molar refractivity (Wildman–Crippen MR) is 517 cm³/mol. The molecule has 0 saturated carbocycles. The summed E-state index contributed by atoms with van der Waals surface area (Å²) in [4.78, 5) is 285. The van der Waals surface area contributed by atoms with Crippen molar-refractivity contribution in [1.29, 1.82) is 10.8 Å². The summed E-state index contributed by atoms with van der Waals surface area (Å²) in [5.41, 5.74) is 35.3. The maximum Gasteiger partial charge on any atom is 0.490 e. The predicted octanol–water partition coefficient (Wildman–Crippen LogP) is -12.8. The lowest BCUT2D eigenvalue weighted by Gasteiger charge is -2.31. The first kappa shape index (κ1) is 126. The van der Waals surface area contributed by atoms with Gasteiger partial charge in [-0.1, -0.05) is 54.6 Å². The maximum atomic E-state index is 14.7. The zero-order chi connectivity index (χ0) is 113. The van der Waals surface area contributed by atoms with E-state index in [-0.39, 0.29) is 128 Å². The van der Waals surface area contributed by atoms with Crippen molar-refractivity contribution in [3.8, 4) is 11.5 Å². The van der Waals surface area contributed by atoms with Gasteiger partial charge in [-0.15, -0.1) is 0 Å². The number of carboxylic acid groups (broad SMARTS) is 2. The summed E-state index contributed by atoms with van der Waals surface area (Å²) in [5.74, 6) is -25.8. The van der Waals surface area contributed by atoms with Gasteiger partial charge in [-0.05, 0) is 152 Å². The van der Waals surface area contributed by atoms with Crippen molar-refractivity contribution in [2.24, 2.45) is 34.4 Å². The Morgan fingerprint density at radius 1 is 0.407 bits per heavy atom. The van der Waals surface area contributed by atoms with Crippen LogP contribution in [0.3, 0.4) is 0 Å². The van der Waals surface area contributed by atoms with E-state index in [0.29, 0.717) is 23.1 Å². The zero-order valence-corrected chi connectivity index (χ0v) is 82.1. The molecule has 40 N–H and O–H groups in total. The topological polar surface area (TPSA) is 955 Å². The van der Waals surface area contributed by atoms with E-state index in [1.54, 1.807) is 42.5 Å². The van der Waals surface area contributed by atoms with Crippen LogP contribution in [0.4, 0.5) is 13.2 Å². The van der Waals surface area contributed by atoms with E-state index in [9.17, 15) is 150 Å². The number of hydrogen-bond acceptors (Lipinski definition) is 32. The molecule has 0 aromatic heterocycles. The Balaban J connectivity index is 0.00000644. The number of likely N-dealkylation sites (tertiary alicyclic amines) is 2. The number of hydrogen-bond donors (Lipinski definition) is 34. The number of benzene rings is 3. The van der Waals surface area contributed by atoms with Gasteiger partial charge in [0.1, 0.15) is 96.1 Å². The largest absolute Gasteiger partial charge is 0.508 e. The highest BCUT2D eigenvalue weighted by Gasteiger charge is 2.45. The number of alkyl halides is 3. The first-order chi connectivity index (χ1) is 70.6. The summed E-state index contributed by atoms with van der Waals surface area (Å²) in [5, 5.41) is 144. The molecule has 0 bridgehead atoms. The number of carboxylic acids is 2. The van der Waals surface area contributed by atoms with Crippen LogP contribution in [0.1, 0.15) is 127 Å². The Bertz CT molecular complexity index is 5150. The van der Waals surface area contributed by atoms with E-state index in [0.717, 1.165) is 23.6 Å². The van der Waals surface area contributed by atoms with Gasteiger partial charge < -0.3 is 181 Å². The molecule has 18 atom stereocenters. The molecule has 830 valence electrons. The van der Waals surface area contributed by atoms with Crippen LogP contribution in [0.25, 0.3) is 0 Å². The summed E-state index contributed by atoms with van der Waals surface area (Å²) in [7, 11) is 0. The summed E-state index contributed by atoms with van der Waals surface area (Å²) < 4.78 is 31.7. The van der Waals surface area contributed by atoms with Crippen molar-refractivity contribution in [3.05, 3.63) is 95.6 Å². The van der Waals surface area contributed by atoms with Gasteiger partial charge in [-0.2, -0.15) is 13.2 Å². The molecule has 0 radical (unpaired) electrons. The average molecular weight is 2130 g/mol. The van der Waals surface area contributed by atoms with Crippen molar-refractivity contribution < 1.29 is 160 Å². The lowest BCUT2D eigenvalue weighted by Crippen LogP contribution is -2.61. The standard InChI is InChI=1S/C88H133N27O28.C2HF3O2/c1-44(84(140)114-33-11-18-63(114)81(137)106-55(28-29-65(91)123)75(131)113-70(46(3)120)86(142)143)101-73(129)53(16-9-31-97-87(93)94)104-74(130)54(17-10-32-98-88(95)96)105-79(135)61(42-117)111-80(136)62(43-118)110-78(134)60(41-116)103-68(126)39-99-72(128)57(37-49-22-26-51(122)27-23-49)102-67(125)40-100-83(139)69(45(2)119)112-82(138)64-19-12-34-115(64)85(141)56(15-7-8-30-89)107-77(133)59(38-66(92)124)109-76(132)58(36-47-13-5-4-6-14-47)108-71(127)52(90)35-48-20-24-50(121)25-21-48;3-2(4,5)1(6)7/h4-6,13-14,20-27,44-46,52-64,69-70,116-122H,7-12,15-19,28-43,89-90H2,1-3H3,(H2,91,123)(H2,92,124)(H,99,128)(H,100,139)(H,101,129)(H,102,125)(H,103,126)(H,104,130)(H,105,135)(H,106,137)(H,107,133)(H,108,127)(H,109,132)(H,110,134)(H,111,136)(H,112,138)(H,113,131)(H,142,143)(H4,93,94,97)(H4,95,96,98);(H,6,7)/t44-,45+,46+,52-,53-,54-,55-,56-,57-,58-,59-,60-,61-,62-,63-,64-,69-,70-;/m0./s1. The van der Waals surface area contributed by atoms with E-state index >= 15 is 0 Å². The number of nitrogens with one attached hydrogen (secondary N) is 19. The third-order valence-corrected chi connectivity index (χ3v) is 22.9. The molecule has 2 fully saturated rings. The summed E-state index contributed by atoms with van der Waals surface area (Å²) >= 11 is 0. The lowest BCUT2D eigenvalue weighted by molar-refractivity contribution is -0.192. The zero-order valence-electron chi connectivity index (χ0n) is 82.1. The van der Waals surface area contributed by atoms with E-state index < -0.39 is 303 Å². The van der Waals surface area contributed by atoms with Crippen molar-refractivity contribution in [3.63, 3.8) is 0 Å². The van der Waals surface area contributed by atoms with Gasteiger partial charge in [0.15, 0.2) is 18.0 Å². The van der Waals surface area contributed by atoms with Crippen LogP contribution in [0, 0.1) is 10.8 Å². The molecule has 0 aliphatic carbocycles. The van der Waals surface area contributed by atoms with Gasteiger partial charge in [-0.3, -0.25) is 102 Å². The molecule has 0 unspecified atom stereocenters. The second kappa shape index (κ2) is 63.7. The van der Waals surface area contributed by atoms with Gasteiger partial charge in [0.2, 0.25) is 112 Å². The Morgan fingerprint density at radius 3 is 1.23 bits per heavy atom. The van der Waals surface area contributed by atoms with Gasteiger partial charge in [0, 0.05) is 45.4 Å². The molecule has 2 heterocycles. The normalized spacial score (nSPS) is 16.3. The number of nitrogens with zero attached hydrogens (tertiary/aromatic N) is 2. The van der Waals surface area contributed by atoms with Gasteiger partial charge in [0.05, 0.1) is 57.6 Å². The highest BCUT2D eigenvalue weighted by molar-refractivity contribution is 6.02. The molecule has 60 heteroatoms. The van der Waals surface area contributed by atoms with Crippen molar-refractivity contribution in [2.75, 3.05) is 65.6 Å². The van der Waals surface area contributed by atoms with Crippen LogP contribution in [0.2, 0.25) is 0 Å². The molecule has 3 aromatic rings. The van der Waals surface area contributed by atoms with E-state index in [1.165, 1.54) is 43.3 Å². The molecule has 5 rings (SSSR count). The van der Waals surface area contributed by atoms with Gasteiger partial charge in [0.25, 0.3) is 0 Å². The van der Waals surface area contributed by atoms with Crippen LogP contribution in [0.5, 0.6) is 11.5 Å². The molecule has 150 heavy (non-hydrogen) atoms. The van der Waals surface area contributed by atoms with Crippen LogP contribution < -0.4 is 125 Å². The maximum absolute atomic E-state index is 14.7. The smallest absolute Gasteiger partial charge is 0.490 e. The van der Waals surface area contributed by atoms with Crippen molar-refractivity contribution >= 4 is 136 Å². The van der Waals surface area contributed by atoms with Crippen molar-refractivity contribution in [2.45, 2.75) is 245 Å².